The van der Waals surface area contributed by atoms with Crippen LogP contribution >= 0.6 is 0 Å². The molecule has 2 aromatic heterocycles. The summed E-state index contributed by atoms with van der Waals surface area (Å²) in [6.07, 6.45) is 3.99. The molecule has 1 aliphatic heterocycles. The maximum atomic E-state index is 12.8. The first-order valence-corrected chi connectivity index (χ1v) is 8.86. The van der Waals surface area contributed by atoms with E-state index in [1.54, 1.807) is 17.0 Å². The number of hydrogen-bond donors (Lipinski definition) is 1. The Bertz CT molecular complexity index is 1080. The topological polar surface area (TPSA) is 82.5 Å². The van der Waals surface area contributed by atoms with Gasteiger partial charge in [-0.3, -0.25) is 14.6 Å². The summed E-state index contributed by atoms with van der Waals surface area (Å²) in [5, 5.41) is 3.19. The second-order valence-corrected chi connectivity index (χ2v) is 6.52. The molecule has 3 aromatic rings. The molecule has 4 rings (SSSR count). The average Bonchev–Trinajstić information content (AvgIpc) is 3.18. The number of ether oxygens (including phenoxy) is 2. The summed E-state index contributed by atoms with van der Waals surface area (Å²) in [4.78, 5) is 28.5. The molecule has 0 fully saturated rings. The van der Waals surface area contributed by atoms with Crippen molar-refractivity contribution < 1.29 is 14.3 Å². The minimum Gasteiger partial charge on any atom is -0.454 e. The zero-order valence-corrected chi connectivity index (χ0v) is 15.3. The number of nitrogens with one attached hydrogen (secondary N) is 1. The van der Waals surface area contributed by atoms with Gasteiger partial charge in [0, 0.05) is 24.6 Å². The minimum absolute atomic E-state index is 0.107. The van der Waals surface area contributed by atoms with E-state index in [-0.39, 0.29) is 17.9 Å². The smallest absolute Gasteiger partial charge is 0.263 e. The number of fused-ring (bicyclic) bond motifs is 1. The Kier molecular flexibility index (Phi) is 4.80. The predicted molar refractivity (Wildman–Crippen MR) is 104 cm³/mol. The Labute approximate surface area is 161 Å². The van der Waals surface area contributed by atoms with Crippen LogP contribution in [-0.2, 0) is 13.1 Å². The molecular weight excluding hydrogens is 358 g/mol. The van der Waals surface area contributed by atoms with Crippen molar-refractivity contribution in [2.75, 3.05) is 12.1 Å². The molecule has 3 heterocycles. The fraction of sp³-hybridized carbons (Fsp3) is 0.190. The van der Waals surface area contributed by atoms with Crippen LogP contribution in [-0.4, -0.2) is 22.6 Å². The van der Waals surface area contributed by atoms with Crippen LogP contribution in [0.4, 0.5) is 5.69 Å². The molecule has 7 heteroatoms. The number of carbonyl (C=O) groups is 1. The minimum atomic E-state index is -0.327. The molecule has 1 aliphatic rings. The van der Waals surface area contributed by atoms with Crippen LogP contribution in [0.15, 0.2) is 53.6 Å². The van der Waals surface area contributed by atoms with Crippen molar-refractivity contribution in [3.63, 3.8) is 0 Å². The third-order valence-electron chi connectivity index (χ3n) is 4.65. The van der Waals surface area contributed by atoms with Crippen molar-refractivity contribution in [2.24, 2.45) is 0 Å². The number of hydrogen-bond acceptors (Lipinski definition) is 6. The molecule has 0 radical (unpaired) electrons. The van der Waals surface area contributed by atoms with Crippen molar-refractivity contribution >= 4 is 12.0 Å². The fourth-order valence-electron chi connectivity index (χ4n) is 3.16. The normalized spacial score (nSPS) is 12.0. The van der Waals surface area contributed by atoms with Crippen molar-refractivity contribution in [1.29, 1.82) is 0 Å². The summed E-state index contributed by atoms with van der Waals surface area (Å²) >= 11 is 0. The third kappa shape index (κ3) is 3.46. The molecule has 0 amide bonds. The van der Waals surface area contributed by atoms with Crippen LogP contribution < -0.4 is 20.3 Å². The van der Waals surface area contributed by atoms with Crippen molar-refractivity contribution in [1.82, 2.24) is 9.55 Å². The lowest BCUT2D eigenvalue weighted by Crippen LogP contribution is -2.27. The number of nitrogens with zero attached hydrogens (tertiary/aromatic N) is 2. The molecule has 0 bridgehead atoms. The monoisotopic (exact) mass is 377 g/mol. The number of rotatable bonds is 6. The van der Waals surface area contributed by atoms with Gasteiger partial charge in [-0.25, -0.2) is 0 Å². The third-order valence-corrected chi connectivity index (χ3v) is 4.65. The van der Waals surface area contributed by atoms with Gasteiger partial charge >= 0.3 is 0 Å². The zero-order chi connectivity index (χ0) is 19.5. The lowest BCUT2D eigenvalue weighted by molar-refractivity contribution is 0.112. The van der Waals surface area contributed by atoms with E-state index in [0.29, 0.717) is 36.6 Å². The first kappa shape index (κ1) is 17.8. The SMILES string of the molecule is Cc1cc(NCc2ccc3c(c2)OCO3)c(C=O)c(=O)n1Cc1cccnc1. The second-order valence-electron chi connectivity index (χ2n) is 6.52. The van der Waals surface area contributed by atoms with Crippen LogP contribution in [0.25, 0.3) is 0 Å². The number of aldehydes is 1. The number of aromatic nitrogens is 2. The van der Waals surface area contributed by atoms with Gasteiger partial charge in [0.15, 0.2) is 17.8 Å². The van der Waals surface area contributed by atoms with E-state index in [4.69, 9.17) is 9.47 Å². The van der Waals surface area contributed by atoms with Crippen molar-refractivity contribution in [2.45, 2.75) is 20.0 Å². The summed E-state index contributed by atoms with van der Waals surface area (Å²) in [6, 6.07) is 11.2. The second kappa shape index (κ2) is 7.56. The van der Waals surface area contributed by atoms with Crippen LogP contribution in [0.2, 0.25) is 0 Å². The van der Waals surface area contributed by atoms with Gasteiger partial charge in [0.2, 0.25) is 6.79 Å². The van der Waals surface area contributed by atoms with E-state index in [9.17, 15) is 9.59 Å². The van der Waals surface area contributed by atoms with Crippen LogP contribution in [0, 0.1) is 6.92 Å². The van der Waals surface area contributed by atoms with E-state index in [0.717, 1.165) is 16.8 Å². The lowest BCUT2D eigenvalue weighted by Gasteiger charge is -2.15. The maximum absolute atomic E-state index is 12.8. The van der Waals surface area contributed by atoms with Crippen LogP contribution in [0.5, 0.6) is 11.5 Å². The van der Waals surface area contributed by atoms with Gasteiger partial charge in [-0.05, 0) is 42.3 Å². The number of carbonyl (C=O) groups excluding carboxylic acids is 1. The summed E-state index contributed by atoms with van der Waals surface area (Å²) < 4.78 is 12.3. The van der Waals surface area contributed by atoms with Crippen molar-refractivity contribution in [3.05, 3.63) is 81.5 Å². The van der Waals surface area contributed by atoms with Crippen LogP contribution in [0.1, 0.15) is 27.2 Å². The molecule has 1 N–H and O–H groups in total. The van der Waals surface area contributed by atoms with Crippen LogP contribution in [0.3, 0.4) is 0 Å². The molecular formula is C21H19N3O4. The van der Waals surface area contributed by atoms with E-state index in [2.05, 4.69) is 10.3 Å². The molecule has 0 atom stereocenters. The summed E-state index contributed by atoms with van der Waals surface area (Å²) in [5.41, 5.74) is 2.90. The highest BCUT2D eigenvalue weighted by Gasteiger charge is 2.15. The Morgan fingerprint density at radius 2 is 2.04 bits per heavy atom. The standard InChI is InChI=1S/C21H19N3O4/c1-14-7-18(23-10-15-4-5-19-20(8-15)28-13-27-19)17(12-25)21(26)24(14)11-16-3-2-6-22-9-16/h2-9,12,23H,10-11,13H2,1H3. The Morgan fingerprint density at radius 1 is 1.18 bits per heavy atom. The Morgan fingerprint density at radius 3 is 2.82 bits per heavy atom. The summed E-state index contributed by atoms with van der Waals surface area (Å²) in [6.45, 7) is 2.87. The zero-order valence-electron chi connectivity index (χ0n) is 15.3. The first-order chi connectivity index (χ1) is 13.7. The lowest BCUT2D eigenvalue weighted by atomic mass is 10.1. The molecule has 28 heavy (non-hydrogen) atoms. The van der Waals surface area contributed by atoms with Gasteiger partial charge in [-0.2, -0.15) is 0 Å². The summed E-state index contributed by atoms with van der Waals surface area (Å²) in [5.74, 6) is 1.41. The highest BCUT2D eigenvalue weighted by Crippen LogP contribution is 2.32. The number of benzene rings is 1. The van der Waals surface area contributed by atoms with Crippen molar-refractivity contribution in [3.8, 4) is 11.5 Å². The molecule has 142 valence electrons. The van der Waals surface area contributed by atoms with Gasteiger partial charge in [-0.15, -0.1) is 0 Å². The summed E-state index contributed by atoms with van der Waals surface area (Å²) in [7, 11) is 0. The number of anilines is 1. The number of aryl methyl sites for hydroxylation is 1. The van der Waals surface area contributed by atoms with E-state index in [1.165, 1.54) is 0 Å². The Balaban J connectivity index is 1.59. The molecule has 0 aliphatic carbocycles. The van der Waals surface area contributed by atoms with E-state index < -0.39 is 0 Å². The average molecular weight is 377 g/mol. The molecule has 7 nitrogen and oxygen atoms in total. The molecule has 1 aromatic carbocycles. The van der Waals surface area contributed by atoms with Gasteiger partial charge in [0.25, 0.3) is 5.56 Å². The highest BCUT2D eigenvalue weighted by molar-refractivity contribution is 5.83. The fourth-order valence-corrected chi connectivity index (χ4v) is 3.16. The van der Waals surface area contributed by atoms with Gasteiger partial charge < -0.3 is 19.4 Å². The quantitative estimate of drug-likeness (QED) is 0.665. The van der Waals surface area contributed by atoms with Gasteiger partial charge in [-0.1, -0.05) is 12.1 Å². The molecule has 0 saturated heterocycles. The highest BCUT2D eigenvalue weighted by atomic mass is 16.7. The Hall–Kier alpha value is -3.61. The maximum Gasteiger partial charge on any atom is 0.263 e. The number of pyridine rings is 2. The van der Waals surface area contributed by atoms with Gasteiger partial charge in [0.1, 0.15) is 5.56 Å². The largest absolute Gasteiger partial charge is 0.454 e. The first-order valence-electron chi connectivity index (χ1n) is 8.86. The molecule has 0 unspecified atom stereocenters. The molecule has 0 spiro atoms. The van der Waals surface area contributed by atoms with Gasteiger partial charge in [0.05, 0.1) is 12.2 Å². The predicted octanol–water partition coefficient (Wildman–Crippen LogP) is 2.75. The van der Waals surface area contributed by atoms with E-state index in [1.807, 2.05) is 43.3 Å². The van der Waals surface area contributed by atoms with E-state index >= 15 is 0 Å². The molecule has 0 saturated carbocycles.